The van der Waals surface area contributed by atoms with Gasteiger partial charge in [-0.3, -0.25) is 0 Å². The Kier molecular flexibility index (Phi) is 5.39. The van der Waals surface area contributed by atoms with Gasteiger partial charge in [-0.15, -0.1) is 0 Å². The van der Waals surface area contributed by atoms with Gasteiger partial charge in [0.2, 0.25) is 0 Å². The van der Waals surface area contributed by atoms with E-state index >= 15 is 0 Å². The highest BCUT2D eigenvalue weighted by Crippen LogP contribution is 2.23. The van der Waals surface area contributed by atoms with Crippen molar-refractivity contribution in [3.8, 4) is 0 Å². The normalized spacial score (nSPS) is 13.9. The highest BCUT2D eigenvalue weighted by molar-refractivity contribution is 7.87. The van der Waals surface area contributed by atoms with Crippen molar-refractivity contribution < 1.29 is 13.5 Å². The fourth-order valence-electron chi connectivity index (χ4n) is 1.20. The fraction of sp³-hybridized carbons (Fsp3) is 0.400. The zero-order valence-corrected chi connectivity index (χ0v) is 12.2. The molecule has 1 unspecified atom stereocenters. The van der Waals surface area contributed by atoms with Crippen molar-refractivity contribution in [3.05, 3.63) is 33.8 Å². The SMILES string of the molecule is CN(C)S(=O)(=O)NCC(O)c1cc(Cl)cc(Cl)c1. The molecular weight excluding hydrogens is 299 g/mol. The number of nitrogens with zero attached hydrogens (tertiary/aromatic N) is 1. The van der Waals surface area contributed by atoms with Gasteiger partial charge < -0.3 is 5.11 Å². The minimum absolute atomic E-state index is 0.156. The van der Waals surface area contributed by atoms with Crippen LogP contribution in [0.15, 0.2) is 18.2 Å². The van der Waals surface area contributed by atoms with E-state index in [9.17, 15) is 13.5 Å². The molecule has 8 heteroatoms. The molecule has 0 radical (unpaired) electrons. The highest BCUT2D eigenvalue weighted by Gasteiger charge is 2.16. The van der Waals surface area contributed by atoms with Crippen molar-refractivity contribution >= 4 is 33.4 Å². The van der Waals surface area contributed by atoms with E-state index in [1.807, 2.05) is 0 Å². The second kappa shape index (κ2) is 6.18. The first-order valence-electron chi connectivity index (χ1n) is 5.03. The van der Waals surface area contributed by atoms with Gasteiger partial charge in [-0.05, 0) is 23.8 Å². The first-order chi connectivity index (χ1) is 8.22. The zero-order chi connectivity index (χ0) is 13.9. The molecule has 2 N–H and O–H groups in total. The van der Waals surface area contributed by atoms with Crippen LogP contribution >= 0.6 is 23.2 Å². The maximum atomic E-state index is 11.5. The van der Waals surface area contributed by atoms with Gasteiger partial charge in [0.05, 0.1) is 6.10 Å². The smallest absolute Gasteiger partial charge is 0.279 e. The molecule has 0 spiro atoms. The Labute approximate surface area is 116 Å². The van der Waals surface area contributed by atoms with E-state index in [4.69, 9.17) is 23.2 Å². The highest BCUT2D eigenvalue weighted by atomic mass is 35.5. The lowest BCUT2D eigenvalue weighted by molar-refractivity contribution is 0.181. The first kappa shape index (κ1) is 15.7. The molecule has 1 aromatic rings. The molecule has 0 aromatic heterocycles. The van der Waals surface area contributed by atoms with E-state index in [1.165, 1.54) is 32.3 Å². The van der Waals surface area contributed by atoms with Gasteiger partial charge in [-0.1, -0.05) is 23.2 Å². The predicted octanol–water partition coefficient (Wildman–Crippen LogP) is 1.42. The van der Waals surface area contributed by atoms with Gasteiger partial charge >= 0.3 is 0 Å². The summed E-state index contributed by atoms with van der Waals surface area (Å²) in [4.78, 5) is 0. The lowest BCUT2D eigenvalue weighted by atomic mass is 10.1. The summed E-state index contributed by atoms with van der Waals surface area (Å²) in [5.41, 5.74) is 0.453. The summed E-state index contributed by atoms with van der Waals surface area (Å²) in [5, 5.41) is 10.6. The summed E-state index contributed by atoms with van der Waals surface area (Å²) < 4.78 is 26.2. The van der Waals surface area contributed by atoms with E-state index in [-0.39, 0.29) is 6.54 Å². The van der Waals surface area contributed by atoms with Crippen molar-refractivity contribution in [1.82, 2.24) is 9.03 Å². The van der Waals surface area contributed by atoms with Crippen LogP contribution in [0.5, 0.6) is 0 Å². The Hall–Kier alpha value is -0.370. The molecule has 0 fully saturated rings. The number of halogens is 2. The number of hydrogen-bond donors (Lipinski definition) is 2. The molecule has 0 aliphatic heterocycles. The van der Waals surface area contributed by atoms with Crippen LogP contribution in [0.25, 0.3) is 0 Å². The van der Waals surface area contributed by atoms with E-state index in [0.717, 1.165) is 4.31 Å². The fourth-order valence-corrected chi connectivity index (χ4v) is 2.37. The Balaban J connectivity index is 2.74. The van der Waals surface area contributed by atoms with E-state index < -0.39 is 16.3 Å². The number of nitrogens with one attached hydrogen (secondary N) is 1. The first-order valence-corrected chi connectivity index (χ1v) is 7.23. The molecule has 0 bridgehead atoms. The van der Waals surface area contributed by atoms with Gasteiger partial charge in [0.1, 0.15) is 0 Å². The van der Waals surface area contributed by atoms with Crippen molar-refractivity contribution in [1.29, 1.82) is 0 Å². The predicted molar refractivity (Wildman–Crippen MR) is 72.0 cm³/mol. The van der Waals surface area contributed by atoms with E-state index in [0.29, 0.717) is 15.6 Å². The Morgan fingerprint density at radius 2 is 1.78 bits per heavy atom. The maximum absolute atomic E-state index is 11.5. The summed E-state index contributed by atoms with van der Waals surface area (Å²) in [7, 11) is -0.777. The summed E-state index contributed by atoms with van der Waals surface area (Å²) >= 11 is 11.6. The van der Waals surface area contributed by atoms with Crippen molar-refractivity contribution in [2.45, 2.75) is 6.10 Å². The van der Waals surface area contributed by atoms with Gasteiger partial charge in [-0.25, -0.2) is 0 Å². The topological polar surface area (TPSA) is 69.6 Å². The minimum Gasteiger partial charge on any atom is -0.387 e. The number of aliphatic hydroxyl groups is 1. The van der Waals surface area contributed by atoms with Crippen LogP contribution in [0.2, 0.25) is 10.0 Å². The van der Waals surface area contributed by atoms with Crippen LogP contribution in [-0.4, -0.2) is 38.5 Å². The molecule has 1 aromatic carbocycles. The van der Waals surface area contributed by atoms with E-state index in [2.05, 4.69) is 4.72 Å². The summed E-state index contributed by atoms with van der Waals surface area (Å²) in [5.74, 6) is 0. The lowest BCUT2D eigenvalue weighted by Gasteiger charge is -2.16. The summed E-state index contributed by atoms with van der Waals surface area (Å²) in [6.45, 7) is -0.156. The Morgan fingerprint density at radius 3 is 2.22 bits per heavy atom. The van der Waals surface area contributed by atoms with Crippen LogP contribution < -0.4 is 4.72 Å². The molecule has 0 heterocycles. The molecule has 5 nitrogen and oxygen atoms in total. The Bertz CT molecular complexity index is 500. The molecular formula is C10H14Cl2N2O3S. The second-order valence-electron chi connectivity index (χ2n) is 3.85. The average Bonchev–Trinajstić information content (AvgIpc) is 2.24. The lowest BCUT2D eigenvalue weighted by Crippen LogP contribution is -2.37. The van der Waals surface area contributed by atoms with Crippen molar-refractivity contribution in [2.24, 2.45) is 0 Å². The number of benzene rings is 1. The minimum atomic E-state index is -3.56. The van der Waals surface area contributed by atoms with Crippen LogP contribution in [0.4, 0.5) is 0 Å². The number of rotatable bonds is 5. The van der Waals surface area contributed by atoms with Crippen molar-refractivity contribution in [3.63, 3.8) is 0 Å². The van der Waals surface area contributed by atoms with Crippen molar-refractivity contribution in [2.75, 3.05) is 20.6 Å². The second-order valence-corrected chi connectivity index (χ2v) is 6.70. The standard InChI is InChI=1S/C10H14Cl2N2O3S/c1-14(2)18(16,17)13-6-10(15)7-3-8(11)5-9(12)4-7/h3-5,10,13,15H,6H2,1-2H3. The molecule has 1 rings (SSSR count). The maximum Gasteiger partial charge on any atom is 0.279 e. The summed E-state index contributed by atoms with van der Waals surface area (Å²) in [6, 6.07) is 4.59. The third-order valence-electron chi connectivity index (χ3n) is 2.21. The van der Waals surface area contributed by atoms with Gasteiger partial charge in [0.15, 0.2) is 0 Å². The number of aliphatic hydroxyl groups excluding tert-OH is 1. The molecule has 0 saturated carbocycles. The molecule has 1 atom stereocenters. The number of hydrogen-bond acceptors (Lipinski definition) is 3. The van der Waals surface area contributed by atoms with Gasteiger partial charge in [-0.2, -0.15) is 17.4 Å². The quantitative estimate of drug-likeness (QED) is 0.864. The van der Waals surface area contributed by atoms with Crippen LogP contribution in [-0.2, 0) is 10.2 Å². The third-order valence-corrected chi connectivity index (χ3v) is 4.14. The third kappa shape index (κ3) is 4.38. The van der Waals surface area contributed by atoms with Gasteiger partial charge in [0, 0.05) is 30.7 Å². The monoisotopic (exact) mass is 312 g/mol. The largest absolute Gasteiger partial charge is 0.387 e. The Morgan fingerprint density at radius 1 is 1.28 bits per heavy atom. The van der Waals surface area contributed by atoms with Gasteiger partial charge in [0.25, 0.3) is 10.2 Å². The van der Waals surface area contributed by atoms with E-state index in [1.54, 1.807) is 0 Å². The summed E-state index contributed by atoms with van der Waals surface area (Å²) in [6.07, 6.45) is -1.02. The molecule has 0 amide bonds. The van der Waals surface area contributed by atoms with Crippen LogP contribution in [0, 0.1) is 0 Å². The molecule has 0 saturated heterocycles. The molecule has 18 heavy (non-hydrogen) atoms. The zero-order valence-electron chi connectivity index (χ0n) is 9.89. The van der Waals surface area contributed by atoms with Crippen LogP contribution in [0.1, 0.15) is 11.7 Å². The van der Waals surface area contributed by atoms with Crippen LogP contribution in [0.3, 0.4) is 0 Å². The average molecular weight is 313 g/mol. The molecule has 0 aliphatic rings. The molecule has 0 aliphatic carbocycles. The molecule has 102 valence electrons.